The molecular formula is C17H22O5. The van der Waals surface area contributed by atoms with E-state index in [1.165, 1.54) is 0 Å². The maximum absolute atomic E-state index is 5.94. The van der Waals surface area contributed by atoms with Gasteiger partial charge in [-0.1, -0.05) is 24.3 Å². The highest BCUT2D eigenvalue weighted by Crippen LogP contribution is 2.39. The molecule has 2 heterocycles. The van der Waals surface area contributed by atoms with Crippen LogP contribution < -0.4 is 4.74 Å². The van der Waals surface area contributed by atoms with Gasteiger partial charge >= 0.3 is 0 Å². The number of hydrogen-bond donors (Lipinski definition) is 0. The Hall–Kier alpha value is -1.40. The monoisotopic (exact) mass is 306 g/mol. The molecule has 0 spiro atoms. The molecule has 0 bridgehead atoms. The van der Waals surface area contributed by atoms with Crippen LogP contribution >= 0.6 is 0 Å². The van der Waals surface area contributed by atoms with Crippen LogP contribution in [0.2, 0.25) is 0 Å². The van der Waals surface area contributed by atoms with Crippen LogP contribution in [0.1, 0.15) is 19.4 Å². The third-order valence-electron chi connectivity index (χ3n) is 3.87. The summed E-state index contributed by atoms with van der Waals surface area (Å²) in [5.41, 5.74) is 1.07. The Morgan fingerprint density at radius 3 is 2.36 bits per heavy atom. The van der Waals surface area contributed by atoms with Crippen LogP contribution in [0.15, 0.2) is 30.3 Å². The summed E-state index contributed by atoms with van der Waals surface area (Å²) >= 11 is 0. The van der Waals surface area contributed by atoms with E-state index in [1.807, 2.05) is 50.3 Å². The molecule has 1 aromatic carbocycles. The van der Waals surface area contributed by atoms with Gasteiger partial charge in [-0.25, -0.2) is 0 Å². The lowest BCUT2D eigenvalue weighted by molar-refractivity contribution is -0.221. The maximum atomic E-state index is 5.94. The van der Waals surface area contributed by atoms with Crippen LogP contribution in [0.25, 0.3) is 6.08 Å². The zero-order valence-electron chi connectivity index (χ0n) is 13.3. The van der Waals surface area contributed by atoms with Gasteiger partial charge in [-0.05, 0) is 31.5 Å². The van der Waals surface area contributed by atoms with Gasteiger partial charge < -0.3 is 23.7 Å². The zero-order valence-corrected chi connectivity index (χ0v) is 13.3. The average Bonchev–Trinajstić information content (AvgIpc) is 2.99. The quantitative estimate of drug-likeness (QED) is 0.855. The molecule has 0 amide bonds. The number of fused-ring (bicyclic) bond motifs is 1. The van der Waals surface area contributed by atoms with Crippen molar-refractivity contribution in [1.82, 2.24) is 0 Å². The summed E-state index contributed by atoms with van der Waals surface area (Å²) in [5, 5.41) is 0. The van der Waals surface area contributed by atoms with Crippen molar-refractivity contribution in [2.24, 2.45) is 0 Å². The number of hydrogen-bond acceptors (Lipinski definition) is 5. The Labute approximate surface area is 130 Å². The summed E-state index contributed by atoms with van der Waals surface area (Å²) in [6, 6.07) is 7.83. The third kappa shape index (κ3) is 3.03. The van der Waals surface area contributed by atoms with E-state index in [-0.39, 0.29) is 18.3 Å². The van der Waals surface area contributed by atoms with Crippen LogP contribution in [0.3, 0.4) is 0 Å². The lowest BCUT2D eigenvalue weighted by Gasteiger charge is -2.22. The summed E-state index contributed by atoms with van der Waals surface area (Å²) in [5.74, 6) is 0.227. The van der Waals surface area contributed by atoms with Crippen molar-refractivity contribution in [2.75, 3.05) is 14.2 Å². The van der Waals surface area contributed by atoms with Crippen molar-refractivity contribution in [2.45, 2.75) is 44.2 Å². The van der Waals surface area contributed by atoms with Gasteiger partial charge in [0.2, 0.25) is 0 Å². The molecule has 0 N–H and O–H groups in total. The first-order valence-electron chi connectivity index (χ1n) is 7.38. The smallest absolute Gasteiger partial charge is 0.187 e. The van der Waals surface area contributed by atoms with E-state index >= 15 is 0 Å². The lowest BCUT2D eigenvalue weighted by atomic mass is 10.1. The van der Waals surface area contributed by atoms with E-state index in [0.29, 0.717) is 0 Å². The summed E-state index contributed by atoms with van der Waals surface area (Å²) in [7, 11) is 3.27. The van der Waals surface area contributed by atoms with Crippen molar-refractivity contribution >= 4 is 6.08 Å². The summed E-state index contributed by atoms with van der Waals surface area (Å²) in [6.45, 7) is 3.81. The Morgan fingerprint density at radius 1 is 1.05 bits per heavy atom. The molecule has 1 unspecified atom stereocenters. The molecule has 0 aromatic heterocycles. The van der Waals surface area contributed by atoms with Crippen molar-refractivity contribution in [1.29, 1.82) is 0 Å². The highest BCUT2D eigenvalue weighted by Gasteiger charge is 2.54. The second kappa shape index (κ2) is 6.01. The van der Waals surface area contributed by atoms with Gasteiger partial charge in [-0.3, -0.25) is 0 Å². The molecule has 4 atom stereocenters. The van der Waals surface area contributed by atoms with E-state index in [0.717, 1.165) is 11.3 Å². The largest absolute Gasteiger partial charge is 0.497 e. The van der Waals surface area contributed by atoms with Crippen molar-refractivity contribution in [3.8, 4) is 5.75 Å². The summed E-state index contributed by atoms with van der Waals surface area (Å²) in [6.07, 6.45) is 3.04. The molecule has 2 fully saturated rings. The standard InChI is InChI=1S/C17H22O5/c1-17(2)21-14-13(20-16(19-4)15(14)22-17)10-7-11-5-8-12(18-3)9-6-11/h5-10,13-16H,1-4H3/b10-7+/t13-,14-,15-,16?/m1/s1. The zero-order chi connectivity index (χ0) is 15.7. The molecule has 0 radical (unpaired) electrons. The van der Waals surface area contributed by atoms with Crippen LogP contribution in [0.4, 0.5) is 0 Å². The number of benzene rings is 1. The van der Waals surface area contributed by atoms with Gasteiger partial charge in [0.1, 0.15) is 24.1 Å². The predicted molar refractivity (Wildman–Crippen MR) is 81.5 cm³/mol. The van der Waals surface area contributed by atoms with E-state index in [2.05, 4.69) is 0 Å². The van der Waals surface area contributed by atoms with E-state index in [9.17, 15) is 0 Å². The molecule has 0 aliphatic carbocycles. The topological polar surface area (TPSA) is 46.2 Å². The van der Waals surface area contributed by atoms with Gasteiger partial charge in [0.05, 0.1) is 7.11 Å². The van der Waals surface area contributed by atoms with Crippen LogP contribution in [-0.2, 0) is 18.9 Å². The van der Waals surface area contributed by atoms with E-state index < -0.39 is 12.1 Å². The van der Waals surface area contributed by atoms with Gasteiger partial charge in [-0.15, -0.1) is 0 Å². The van der Waals surface area contributed by atoms with Crippen molar-refractivity contribution in [3.63, 3.8) is 0 Å². The Balaban J connectivity index is 1.72. The van der Waals surface area contributed by atoms with Gasteiger partial charge in [0, 0.05) is 7.11 Å². The Bertz CT molecular complexity index is 536. The molecule has 5 heteroatoms. The summed E-state index contributed by atoms with van der Waals surface area (Å²) < 4.78 is 28.2. The molecule has 2 aliphatic heterocycles. The molecule has 0 saturated carbocycles. The van der Waals surface area contributed by atoms with Gasteiger partial charge in [-0.2, -0.15) is 0 Å². The number of ether oxygens (including phenoxy) is 5. The second-order valence-electron chi connectivity index (χ2n) is 5.90. The third-order valence-corrected chi connectivity index (χ3v) is 3.87. The predicted octanol–water partition coefficient (Wildman–Crippen LogP) is 2.60. The van der Waals surface area contributed by atoms with E-state index in [1.54, 1.807) is 14.2 Å². The molecular weight excluding hydrogens is 284 g/mol. The van der Waals surface area contributed by atoms with Gasteiger partial charge in [0.15, 0.2) is 12.1 Å². The van der Waals surface area contributed by atoms with Crippen LogP contribution in [0.5, 0.6) is 5.75 Å². The molecule has 120 valence electrons. The SMILES string of the molecule is COc1ccc(/C=C/[C@H]2OC(OC)[C@@H]3OC(C)(C)O[C@H]23)cc1. The molecule has 1 aromatic rings. The highest BCUT2D eigenvalue weighted by atomic mass is 16.8. The maximum Gasteiger partial charge on any atom is 0.187 e. The normalized spacial score (nSPS) is 33.3. The first-order valence-corrected chi connectivity index (χ1v) is 7.38. The average molecular weight is 306 g/mol. The van der Waals surface area contributed by atoms with Crippen molar-refractivity contribution < 1.29 is 23.7 Å². The van der Waals surface area contributed by atoms with Gasteiger partial charge in [0.25, 0.3) is 0 Å². The van der Waals surface area contributed by atoms with Crippen LogP contribution in [0, 0.1) is 0 Å². The fourth-order valence-electron chi connectivity index (χ4n) is 2.86. The fourth-order valence-corrected chi connectivity index (χ4v) is 2.86. The molecule has 22 heavy (non-hydrogen) atoms. The lowest BCUT2D eigenvalue weighted by Crippen LogP contribution is -2.30. The molecule has 3 rings (SSSR count). The van der Waals surface area contributed by atoms with Crippen molar-refractivity contribution in [3.05, 3.63) is 35.9 Å². The first kappa shape index (κ1) is 15.5. The molecule has 2 saturated heterocycles. The van der Waals surface area contributed by atoms with Crippen LogP contribution in [-0.4, -0.2) is 44.6 Å². The minimum absolute atomic E-state index is 0.158. The fraction of sp³-hybridized carbons (Fsp3) is 0.529. The number of methoxy groups -OCH3 is 2. The van der Waals surface area contributed by atoms with E-state index in [4.69, 9.17) is 23.7 Å². The number of rotatable bonds is 4. The molecule has 5 nitrogen and oxygen atoms in total. The first-order chi connectivity index (χ1) is 10.5. The Morgan fingerprint density at radius 2 is 1.73 bits per heavy atom. The second-order valence-corrected chi connectivity index (χ2v) is 5.90. The minimum atomic E-state index is -0.609. The summed E-state index contributed by atoms with van der Waals surface area (Å²) in [4.78, 5) is 0. The molecule has 2 aliphatic rings. The highest BCUT2D eigenvalue weighted by molar-refractivity contribution is 5.51. The Kier molecular flexibility index (Phi) is 4.23. The minimum Gasteiger partial charge on any atom is -0.497 e.